The van der Waals surface area contributed by atoms with Gasteiger partial charge in [0, 0.05) is 12.2 Å². The van der Waals surface area contributed by atoms with Gasteiger partial charge in [0.1, 0.15) is 62.0 Å². The van der Waals surface area contributed by atoms with Crippen molar-refractivity contribution >= 4 is 24.1 Å². The van der Waals surface area contributed by atoms with Crippen LogP contribution in [-0.2, 0) is 28.5 Å². The molecule has 8 rings (SSSR count). The molecule has 0 aromatic heterocycles. The molecule has 10 unspecified atom stereocenters. The number of phenolic OH excluding ortho intramolecular Hbond substituents is 2. The lowest BCUT2D eigenvalue weighted by molar-refractivity contribution is -0.278. The maximum Gasteiger partial charge on any atom is 0.330 e. The topological polar surface area (TPSA) is 251 Å². The summed E-state index contributed by atoms with van der Waals surface area (Å²) in [4.78, 5) is 24.7. The summed E-state index contributed by atoms with van der Waals surface area (Å²) in [6.45, 7) is -1.13. The summed E-state index contributed by atoms with van der Waals surface area (Å²) in [5.41, 5.74) is 0.599. The van der Waals surface area contributed by atoms with Gasteiger partial charge in [-0.2, -0.15) is 0 Å². The van der Waals surface area contributed by atoms with Gasteiger partial charge in [0.05, 0.1) is 0 Å². The molecular weight excluding hydrogens is 616 g/mol. The summed E-state index contributed by atoms with van der Waals surface area (Å²) in [6, 6.07) is 7.80. The van der Waals surface area contributed by atoms with Crippen molar-refractivity contribution in [3.63, 3.8) is 0 Å². The van der Waals surface area contributed by atoms with E-state index in [4.69, 9.17) is 28.4 Å². The van der Waals surface area contributed by atoms with Gasteiger partial charge in [0.25, 0.3) is 0 Å². The zero-order valence-electron chi connectivity index (χ0n) is 23.8. The number of benzene rings is 2. The van der Waals surface area contributed by atoms with Crippen LogP contribution in [0, 0.1) is 0 Å². The molecule has 16 heteroatoms. The molecule has 2 fully saturated rings. The van der Waals surface area contributed by atoms with Gasteiger partial charge < -0.3 is 69.3 Å². The number of carbonyl (C=O) groups excluding carboxylic acids is 2. The predicted octanol–water partition coefficient (Wildman–Crippen LogP) is -1.70. The van der Waals surface area contributed by atoms with Crippen LogP contribution < -0.4 is 9.47 Å². The number of rotatable bonds is 0. The van der Waals surface area contributed by atoms with Crippen LogP contribution in [0.1, 0.15) is 11.1 Å². The highest BCUT2D eigenvalue weighted by Crippen LogP contribution is 2.33. The normalized spacial score (nSPS) is 33.9. The average molecular weight is 649 g/mol. The summed E-state index contributed by atoms with van der Waals surface area (Å²) in [5.74, 6) is -3.07. The highest BCUT2D eigenvalue weighted by Gasteiger charge is 2.47. The quantitative estimate of drug-likeness (QED) is 0.148. The molecule has 2 aromatic carbocycles. The Morgan fingerprint density at radius 3 is 1.28 bits per heavy atom. The van der Waals surface area contributed by atoms with Crippen LogP contribution in [0.3, 0.4) is 0 Å². The molecule has 0 saturated carbocycles. The fourth-order valence-corrected chi connectivity index (χ4v) is 4.78. The minimum Gasteiger partial charge on any atom is -0.504 e. The number of hydrogen-bond acceptors (Lipinski definition) is 16. The number of ether oxygens (including phenoxy) is 6. The smallest absolute Gasteiger partial charge is 0.330 e. The van der Waals surface area contributed by atoms with E-state index in [9.17, 15) is 50.4 Å². The van der Waals surface area contributed by atoms with E-state index in [2.05, 4.69) is 0 Å². The molecule has 248 valence electrons. The molecule has 6 heterocycles. The van der Waals surface area contributed by atoms with E-state index in [-0.39, 0.29) is 11.5 Å². The van der Waals surface area contributed by atoms with Crippen LogP contribution in [0.2, 0.25) is 0 Å². The van der Waals surface area contributed by atoms with E-state index >= 15 is 0 Å². The number of esters is 2. The van der Waals surface area contributed by atoms with Crippen LogP contribution in [0.25, 0.3) is 12.2 Å². The molecule has 16 nitrogen and oxygen atoms in total. The average Bonchev–Trinajstić information content (AvgIpc) is 3.03. The molecule has 2 saturated heterocycles. The van der Waals surface area contributed by atoms with E-state index in [0.29, 0.717) is 11.1 Å². The van der Waals surface area contributed by atoms with E-state index in [1.54, 1.807) is 0 Å². The third-order valence-electron chi connectivity index (χ3n) is 7.39. The summed E-state index contributed by atoms with van der Waals surface area (Å²) in [5, 5.41) is 83.1. The largest absolute Gasteiger partial charge is 0.504 e. The van der Waals surface area contributed by atoms with Gasteiger partial charge in [-0.05, 0) is 47.5 Å². The summed E-state index contributed by atoms with van der Waals surface area (Å²) in [6.07, 6.45) is -11.7. The highest BCUT2D eigenvalue weighted by atomic mass is 16.7. The highest BCUT2D eigenvalue weighted by molar-refractivity contribution is 5.87. The number of hydrogen-bond donors (Lipinski definition) is 8. The second-order valence-electron chi connectivity index (χ2n) is 10.6. The van der Waals surface area contributed by atoms with Crippen LogP contribution in [0.15, 0.2) is 48.6 Å². The van der Waals surface area contributed by atoms with Crippen LogP contribution in [-0.4, -0.2) is 127 Å². The first-order valence-corrected chi connectivity index (χ1v) is 14.0. The first-order valence-electron chi connectivity index (χ1n) is 14.0. The molecule has 0 radical (unpaired) electrons. The van der Waals surface area contributed by atoms with Gasteiger partial charge in [-0.25, -0.2) is 9.59 Å². The molecule has 0 spiro atoms. The number of aliphatic hydroxyl groups excluding tert-OH is 6. The molecule has 0 aliphatic carbocycles. The number of aliphatic hydroxyl groups is 6. The van der Waals surface area contributed by atoms with E-state index < -0.39 is 98.1 Å². The summed E-state index contributed by atoms with van der Waals surface area (Å²) >= 11 is 0. The van der Waals surface area contributed by atoms with Crippen molar-refractivity contribution in [2.45, 2.75) is 61.4 Å². The van der Waals surface area contributed by atoms with Gasteiger partial charge in [-0.3, -0.25) is 0 Å². The fourth-order valence-electron chi connectivity index (χ4n) is 4.78. The number of aromatic hydroxyl groups is 2. The van der Waals surface area contributed by atoms with Gasteiger partial charge in [0.2, 0.25) is 12.6 Å². The Labute approximate surface area is 260 Å². The molecule has 6 aliphatic heterocycles. The minimum atomic E-state index is -1.76. The Hall–Kier alpha value is -4.26. The van der Waals surface area contributed by atoms with Crippen LogP contribution >= 0.6 is 0 Å². The van der Waals surface area contributed by atoms with Gasteiger partial charge >= 0.3 is 11.9 Å². The first-order chi connectivity index (χ1) is 21.9. The van der Waals surface area contributed by atoms with Gasteiger partial charge in [0.15, 0.2) is 23.0 Å². The first kappa shape index (κ1) is 33.1. The number of phenols is 2. The fraction of sp³-hybridized carbons (Fsp3) is 0.400. The molecule has 0 amide bonds. The second-order valence-corrected chi connectivity index (χ2v) is 10.6. The zero-order chi connectivity index (χ0) is 33.1. The second kappa shape index (κ2) is 14.0. The summed E-state index contributed by atoms with van der Waals surface area (Å²) < 4.78 is 32.3. The van der Waals surface area contributed by atoms with Crippen molar-refractivity contribution in [1.29, 1.82) is 0 Å². The van der Waals surface area contributed by atoms with Crippen molar-refractivity contribution in [3.05, 3.63) is 59.7 Å². The van der Waals surface area contributed by atoms with Crippen LogP contribution in [0.5, 0.6) is 23.0 Å². The van der Waals surface area contributed by atoms with Crippen molar-refractivity contribution in [3.8, 4) is 23.0 Å². The molecule has 2 aromatic rings. The molecule has 10 atom stereocenters. The van der Waals surface area contributed by atoms with Crippen LogP contribution in [0.4, 0.5) is 0 Å². The third-order valence-corrected chi connectivity index (χ3v) is 7.39. The summed E-state index contributed by atoms with van der Waals surface area (Å²) in [7, 11) is 0. The monoisotopic (exact) mass is 648 g/mol. The standard InChI is InChI=1S/C30H32O16/c31-15-9-13-1-5-17(15)43-29-27(39)25(37)23(35)19(45-29)12-42-22(34)8-4-14-2-6-18(16(32)10-14)44-30-28(40)26(38)24(36)20(46-30)11-41-21(33)7-3-13/h1-10,19-20,23-32,35-40H,11-12H2. The Morgan fingerprint density at radius 2 is 0.913 bits per heavy atom. The Balaban J connectivity index is 1.40. The van der Waals surface area contributed by atoms with Gasteiger partial charge in [-0.15, -0.1) is 0 Å². The number of carbonyl (C=O) groups is 2. The van der Waals surface area contributed by atoms with E-state index in [0.717, 1.165) is 12.2 Å². The van der Waals surface area contributed by atoms with Gasteiger partial charge in [-0.1, -0.05) is 12.1 Å². The Morgan fingerprint density at radius 1 is 0.522 bits per heavy atom. The Kier molecular flexibility index (Phi) is 10.1. The Bertz CT molecular complexity index is 1370. The maximum absolute atomic E-state index is 12.4. The van der Waals surface area contributed by atoms with E-state index in [1.807, 2.05) is 0 Å². The zero-order valence-corrected chi connectivity index (χ0v) is 23.8. The molecule has 8 N–H and O–H groups in total. The molecule has 46 heavy (non-hydrogen) atoms. The van der Waals surface area contributed by atoms with Crippen molar-refractivity contribution in [1.82, 2.24) is 0 Å². The predicted molar refractivity (Wildman–Crippen MR) is 151 cm³/mol. The van der Waals surface area contributed by atoms with Crippen molar-refractivity contribution in [2.75, 3.05) is 13.2 Å². The maximum atomic E-state index is 12.4. The van der Waals surface area contributed by atoms with Crippen molar-refractivity contribution in [2.24, 2.45) is 0 Å². The third kappa shape index (κ3) is 7.41. The van der Waals surface area contributed by atoms with Crippen molar-refractivity contribution < 1.29 is 78.9 Å². The lowest BCUT2D eigenvalue weighted by Gasteiger charge is -2.39. The molecule has 6 aliphatic rings. The minimum absolute atomic E-state index is 0.192. The lowest BCUT2D eigenvalue weighted by Crippen LogP contribution is -2.60. The molecular formula is C30H32O16. The SMILES string of the molecule is O=C1C=Cc2ccc(c(O)c2)OC2OC(COC(=O)C=Cc3ccc(c(O)c3)OC3OC(CO1)C(O)C(O)C3O)C(O)C(O)C2O. The van der Waals surface area contributed by atoms with E-state index in [1.165, 1.54) is 48.6 Å². The molecule has 8 bridgehead atoms. The lowest BCUT2D eigenvalue weighted by atomic mass is 9.99.